The maximum atomic E-state index is 5.96. The van der Waals surface area contributed by atoms with Gasteiger partial charge in [-0.05, 0) is 79.3 Å². The molecule has 140 valence electrons. The Morgan fingerprint density at radius 2 is 1.58 bits per heavy atom. The number of ether oxygens (including phenoxy) is 1. The maximum Gasteiger partial charge on any atom is 0.119 e. The van der Waals surface area contributed by atoms with Gasteiger partial charge in [0.1, 0.15) is 12.4 Å². The molecule has 0 heterocycles. The number of aliphatic imine (C=N–C) groups is 1. The molecule has 2 rings (SSSR count). The van der Waals surface area contributed by atoms with Crippen LogP contribution in [0.5, 0.6) is 5.75 Å². The number of rotatable bonds is 10. The summed E-state index contributed by atoms with van der Waals surface area (Å²) in [4.78, 5) is 4.53. The van der Waals surface area contributed by atoms with Crippen LogP contribution in [0, 0.1) is 20.8 Å². The Bertz CT molecular complexity index is 701. The maximum absolute atomic E-state index is 5.96. The number of aryl methyl sites for hydroxylation is 1. The van der Waals surface area contributed by atoms with Gasteiger partial charge in [-0.1, -0.05) is 44.7 Å². The Kier molecular flexibility index (Phi) is 8.40. The fourth-order valence-electron chi connectivity index (χ4n) is 2.96. The largest absolute Gasteiger partial charge is 0.489 e. The van der Waals surface area contributed by atoms with Gasteiger partial charge in [0.2, 0.25) is 0 Å². The third-order valence-corrected chi connectivity index (χ3v) is 5.08. The van der Waals surface area contributed by atoms with Gasteiger partial charge in [-0.3, -0.25) is 4.99 Å². The van der Waals surface area contributed by atoms with Gasteiger partial charge in [0.05, 0.1) is 0 Å². The molecule has 0 aliphatic rings. The number of hydrogen-bond acceptors (Lipinski definition) is 2. The molecule has 0 aliphatic heterocycles. The van der Waals surface area contributed by atoms with Gasteiger partial charge in [0, 0.05) is 12.8 Å². The molecule has 2 aromatic rings. The summed E-state index contributed by atoms with van der Waals surface area (Å²) in [6.45, 7) is 10.3. The van der Waals surface area contributed by atoms with Gasteiger partial charge in [0.25, 0.3) is 0 Å². The highest BCUT2D eigenvalue weighted by atomic mass is 16.5. The van der Waals surface area contributed by atoms with Crippen LogP contribution in [0.25, 0.3) is 0 Å². The first kappa shape index (κ1) is 20.2. The molecule has 2 aromatic carbocycles. The zero-order chi connectivity index (χ0) is 18.8. The van der Waals surface area contributed by atoms with Gasteiger partial charge in [-0.15, -0.1) is 0 Å². The molecule has 0 radical (unpaired) electrons. The van der Waals surface area contributed by atoms with Gasteiger partial charge in [-0.2, -0.15) is 0 Å². The third kappa shape index (κ3) is 6.33. The average molecular weight is 352 g/mol. The van der Waals surface area contributed by atoms with Crippen molar-refractivity contribution in [2.24, 2.45) is 4.99 Å². The Morgan fingerprint density at radius 3 is 2.31 bits per heavy atom. The zero-order valence-electron chi connectivity index (χ0n) is 16.8. The Morgan fingerprint density at radius 1 is 0.846 bits per heavy atom. The summed E-state index contributed by atoms with van der Waals surface area (Å²) < 4.78 is 5.96. The second-order valence-electron chi connectivity index (χ2n) is 7.10. The van der Waals surface area contributed by atoms with E-state index in [0.717, 1.165) is 17.9 Å². The molecule has 0 saturated carbocycles. The lowest BCUT2D eigenvalue weighted by molar-refractivity contribution is 0.305. The second kappa shape index (κ2) is 10.8. The third-order valence-electron chi connectivity index (χ3n) is 5.08. The molecule has 0 aromatic heterocycles. The van der Waals surface area contributed by atoms with E-state index in [1.54, 1.807) is 0 Å². The van der Waals surface area contributed by atoms with Crippen molar-refractivity contribution in [1.29, 1.82) is 0 Å². The van der Waals surface area contributed by atoms with E-state index in [-0.39, 0.29) is 0 Å². The highest BCUT2D eigenvalue weighted by Crippen LogP contribution is 2.20. The molecule has 0 aliphatic carbocycles. The Balaban J connectivity index is 1.79. The van der Waals surface area contributed by atoms with Crippen molar-refractivity contribution in [3.05, 3.63) is 64.2 Å². The smallest absolute Gasteiger partial charge is 0.119 e. The molecule has 0 bridgehead atoms. The number of nitrogens with zero attached hydrogens (tertiary/aromatic N) is 1. The van der Waals surface area contributed by atoms with E-state index >= 15 is 0 Å². The monoisotopic (exact) mass is 351 g/mol. The van der Waals surface area contributed by atoms with E-state index in [0.29, 0.717) is 6.61 Å². The second-order valence-corrected chi connectivity index (χ2v) is 7.10. The zero-order valence-corrected chi connectivity index (χ0v) is 16.8. The molecule has 0 spiro atoms. The lowest BCUT2D eigenvalue weighted by Gasteiger charge is -2.12. The minimum atomic E-state index is 0.609. The minimum Gasteiger partial charge on any atom is -0.489 e. The topological polar surface area (TPSA) is 21.6 Å². The van der Waals surface area contributed by atoms with Crippen molar-refractivity contribution in [3.8, 4) is 5.75 Å². The van der Waals surface area contributed by atoms with Crippen molar-refractivity contribution in [2.45, 2.75) is 66.4 Å². The van der Waals surface area contributed by atoms with E-state index in [1.807, 2.05) is 18.3 Å². The average Bonchev–Trinajstić information content (AvgIpc) is 2.66. The molecule has 0 N–H and O–H groups in total. The van der Waals surface area contributed by atoms with E-state index in [4.69, 9.17) is 4.74 Å². The van der Waals surface area contributed by atoms with Crippen LogP contribution >= 0.6 is 0 Å². The molecule has 2 heteroatoms. The quantitative estimate of drug-likeness (QED) is 0.350. The van der Waals surface area contributed by atoms with Crippen LogP contribution < -0.4 is 4.74 Å². The van der Waals surface area contributed by atoms with Crippen LogP contribution in [0.2, 0.25) is 0 Å². The highest BCUT2D eigenvalue weighted by Gasteiger charge is 2.04. The number of unbranched alkanes of at least 4 members (excludes halogenated alkanes) is 4. The molecule has 0 fully saturated rings. The fraction of sp³-hybridized carbons (Fsp3) is 0.458. The summed E-state index contributed by atoms with van der Waals surface area (Å²) in [5.74, 6) is 0.902. The normalized spacial score (nSPS) is 11.2. The van der Waals surface area contributed by atoms with Crippen molar-refractivity contribution in [2.75, 3.05) is 6.54 Å². The summed E-state index contributed by atoms with van der Waals surface area (Å²) in [7, 11) is 0. The first-order valence-electron chi connectivity index (χ1n) is 9.90. The van der Waals surface area contributed by atoms with Crippen LogP contribution in [0.3, 0.4) is 0 Å². The summed E-state index contributed by atoms with van der Waals surface area (Å²) in [5.41, 5.74) is 6.40. The Hall–Kier alpha value is -2.09. The minimum absolute atomic E-state index is 0.609. The Labute approximate surface area is 159 Å². The van der Waals surface area contributed by atoms with Crippen molar-refractivity contribution < 1.29 is 4.74 Å². The molecule has 0 amide bonds. The molecule has 2 nitrogen and oxygen atoms in total. The lowest BCUT2D eigenvalue weighted by Crippen LogP contribution is -2.00. The molecule has 0 atom stereocenters. The van der Waals surface area contributed by atoms with E-state index in [1.165, 1.54) is 54.4 Å². The molecular formula is C24H33NO. The summed E-state index contributed by atoms with van der Waals surface area (Å²) in [5, 5.41) is 0. The standard InChI is InChI=1S/C24H33NO/c1-5-6-7-8-9-16-25-17-22-11-14-24(15-12-22)26-18-23-13-10-19(2)20(3)21(23)4/h10-15,17H,5-9,16,18H2,1-4H3. The first-order chi connectivity index (χ1) is 12.6. The molecular weight excluding hydrogens is 318 g/mol. The molecule has 26 heavy (non-hydrogen) atoms. The van der Waals surface area contributed by atoms with E-state index < -0.39 is 0 Å². The molecule has 0 saturated heterocycles. The lowest BCUT2D eigenvalue weighted by atomic mass is 9.99. The molecule has 0 unspecified atom stereocenters. The van der Waals surface area contributed by atoms with Crippen LogP contribution in [0.4, 0.5) is 0 Å². The SMILES string of the molecule is CCCCCCCN=Cc1ccc(OCc2ccc(C)c(C)c2C)cc1. The van der Waals surface area contributed by atoms with Crippen LogP contribution in [0.1, 0.15) is 66.8 Å². The van der Waals surface area contributed by atoms with Crippen molar-refractivity contribution in [3.63, 3.8) is 0 Å². The van der Waals surface area contributed by atoms with Crippen LogP contribution in [0.15, 0.2) is 41.4 Å². The van der Waals surface area contributed by atoms with Crippen molar-refractivity contribution in [1.82, 2.24) is 0 Å². The summed E-state index contributed by atoms with van der Waals surface area (Å²) >= 11 is 0. The number of benzene rings is 2. The van der Waals surface area contributed by atoms with Crippen LogP contribution in [-0.2, 0) is 6.61 Å². The van der Waals surface area contributed by atoms with Gasteiger partial charge in [-0.25, -0.2) is 0 Å². The van der Waals surface area contributed by atoms with E-state index in [9.17, 15) is 0 Å². The summed E-state index contributed by atoms with van der Waals surface area (Å²) in [6, 6.07) is 12.5. The van der Waals surface area contributed by atoms with Crippen molar-refractivity contribution >= 4 is 6.21 Å². The number of hydrogen-bond donors (Lipinski definition) is 0. The predicted molar refractivity (Wildman–Crippen MR) is 113 cm³/mol. The fourth-order valence-corrected chi connectivity index (χ4v) is 2.96. The van der Waals surface area contributed by atoms with Crippen LogP contribution in [-0.4, -0.2) is 12.8 Å². The predicted octanol–water partition coefficient (Wildman–Crippen LogP) is 6.58. The summed E-state index contributed by atoms with van der Waals surface area (Å²) in [6.07, 6.45) is 8.41. The first-order valence-corrected chi connectivity index (χ1v) is 9.90. The van der Waals surface area contributed by atoms with Gasteiger partial charge < -0.3 is 4.74 Å². The van der Waals surface area contributed by atoms with E-state index in [2.05, 4.69) is 57.0 Å². The van der Waals surface area contributed by atoms with Gasteiger partial charge >= 0.3 is 0 Å². The van der Waals surface area contributed by atoms with Gasteiger partial charge in [0.15, 0.2) is 0 Å². The highest BCUT2D eigenvalue weighted by molar-refractivity contribution is 5.79.